The maximum Gasteiger partial charge on any atom is 0.371 e. The first-order valence-corrected chi connectivity index (χ1v) is 6.95. The molecule has 8 heteroatoms. The number of aromatic carboxylic acids is 1. The highest BCUT2D eigenvalue weighted by atomic mass is 32.2. The maximum atomic E-state index is 13.4. The third-order valence-electron chi connectivity index (χ3n) is 2.48. The number of carboxylic acid groups (broad SMARTS) is 1. The van der Waals surface area contributed by atoms with Gasteiger partial charge in [0.1, 0.15) is 0 Å². The molecule has 2 aromatic rings. The molecule has 2 rings (SSSR count). The minimum absolute atomic E-state index is 0.363. The van der Waals surface area contributed by atoms with Crippen molar-refractivity contribution in [1.29, 1.82) is 0 Å². The largest absolute Gasteiger partial charge is 0.475 e. The van der Waals surface area contributed by atoms with Crippen molar-refractivity contribution in [3.8, 4) is 0 Å². The highest BCUT2D eigenvalue weighted by Crippen LogP contribution is 2.21. The molecule has 1 aromatic heterocycles. The van der Waals surface area contributed by atoms with Gasteiger partial charge in [0.15, 0.2) is 11.6 Å². The van der Waals surface area contributed by atoms with Gasteiger partial charge in [0, 0.05) is 5.56 Å². The summed E-state index contributed by atoms with van der Waals surface area (Å²) >= 11 is 0. The van der Waals surface area contributed by atoms with E-state index < -0.39 is 44.0 Å². The number of benzene rings is 1. The molecule has 0 aliphatic rings. The van der Waals surface area contributed by atoms with Crippen molar-refractivity contribution in [3.05, 3.63) is 53.3 Å². The van der Waals surface area contributed by atoms with Crippen LogP contribution < -0.4 is 0 Å². The van der Waals surface area contributed by atoms with Crippen molar-refractivity contribution in [3.63, 3.8) is 0 Å². The van der Waals surface area contributed by atoms with Crippen LogP contribution in [0, 0.1) is 11.6 Å². The van der Waals surface area contributed by atoms with Gasteiger partial charge in [0.2, 0.25) is 20.7 Å². The molecule has 0 fully saturated rings. The van der Waals surface area contributed by atoms with E-state index in [-0.39, 0.29) is 5.56 Å². The lowest BCUT2D eigenvalue weighted by Crippen LogP contribution is -2.06. The van der Waals surface area contributed by atoms with Gasteiger partial charge in [-0.05, 0) is 18.2 Å². The zero-order chi connectivity index (χ0) is 14.9. The van der Waals surface area contributed by atoms with E-state index in [1.165, 1.54) is 6.07 Å². The van der Waals surface area contributed by atoms with Gasteiger partial charge in [-0.25, -0.2) is 22.0 Å². The summed E-state index contributed by atoms with van der Waals surface area (Å²) in [6.45, 7) is 0. The summed E-state index contributed by atoms with van der Waals surface area (Å²) in [4.78, 5) is 10.6. The van der Waals surface area contributed by atoms with Gasteiger partial charge in [-0.1, -0.05) is 12.1 Å². The van der Waals surface area contributed by atoms with Gasteiger partial charge in [0.25, 0.3) is 0 Å². The molecule has 0 aliphatic carbocycles. The number of sulfone groups is 1. The molecule has 0 radical (unpaired) electrons. The summed E-state index contributed by atoms with van der Waals surface area (Å²) in [6.07, 6.45) is 0. The molecule has 0 atom stereocenters. The van der Waals surface area contributed by atoms with Gasteiger partial charge in [-0.15, -0.1) is 0 Å². The van der Waals surface area contributed by atoms with Crippen LogP contribution >= 0.6 is 0 Å². The highest BCUT2D eigenvalue weighted by molar-refractivity contribution is 7.90. The Kier molecular flexibility index (Phi) is 3.58. The van der Waals surface area contributed by atoms with E-state index in [9.17, 15) is 22.0 Å². The lowest BCUT2D eigenvalue weighted by Gasteiger charge is -2.03. The van der Waals surface area contributed by atoms with Crippen LogP contribution in [-0.2, 0) is 15.6 Å². The predicted molar refractivity (Wildman–Crippen MR) is 62.9 cm³/mol. The number of carboxylic acids is 1. The van der Waals surface area contributed by atoms with Crippen molar-refractivity contribution in [2.24, 2.45) is 0 Å². The molecule has 0 saturated heterocycles. The predicted octanol–water partition coefficient (Wildman–Crippen LogP) is 2.23. The van der Waals surface area contributed by atoms with Crippen molar-refractivity contribution in [2.75, 3.05) is 0 Å². The van der Waals surface area contributed by atoms with Gasteiger partial charge in [0.05, 0.1) is 5.75 Å². The molecule has 1 aromatic carbocycles. The van der Waals surface area contributed by atoms with E-state index in [1.54, 1.807) is 0 Å². The SMILES string of the molecule is O=C(O)c1ccc(S(=O)(=O)Cc2cccc(F)c2F)o1. The zero-order valence-corrected chi connectivity index (χ0v) is 10.7. The molecule has 20 heavy (non-hydrogen) atoms. The minimum Gasteiger partial charge on any atom is -0.475 e. The first-order chi connectivity index (χ1) is 9.31. The molecular weight excluding hydrogens is 294 g/mol. The molecule has 5 nitrogen and oxygen atoms in total. The normalized spacial score (nSPS) is 11.5. The van der Waals surface area contributed by atoms with Gasteiger partial charge in [-0.3, -0.25) is 0 Å². The van der Waals surface area contributed by atoms with Crippen molar-refractivity contribution < 1.29 is 31.5 Å². The zero-order valence-electron chi connectivity index (χ0n) is 9.84. The number of carbonyl (C=O) groups is 1. The molecule has 1 N–H and O–H groups in total. The summed E-state index contributed by atoms with van der Waals surface area (Å²) in [5.41, 5.74) is -0.363. The fourth-order valence-electron chi connectivity index (χ4n) is 1.54. The lowest BCUT2D eigenvalue weighted by atomic mass is 10.2. The topological polar surface area (TPSA) is 84.6 Å². The first-order valence-electron chi connectivity index (χ1n) is 5.30. The summed E-state index contributed by atoms with van der Waals surface area (Å²) in [5, 5.41) is 8.02. The van der Waals surface area contributed by atoms with Crippen LogP contribution in [0.25, 0.3) is 0 Å². The Labute approximate surface area is 112 Å². The Morgan fingerprint density at radius 1 is 1.20 bits per heavy atom. The van der Waals surface area contributed by atoms with E-state index in [1.807, 2.05) is 0 Å². The van der Waals surface area contributed by atoms with Crippen LogP contribution in [0.15, 0.2) is 39.8 Å². The molecule has 0 bridgehead atoms. The average Bonchev–Trinajstić information content (AvgIpc) is 2.85. The Morgan fingerprint density at radius 2 is 1.90 bits per heavy atom. The molecule has 0 spiro atoms. The highest BCUT2D eigenvalue weighted by Gasteiger charge is 2.23. The van der Waals surface area contributed by atoms with Gasteiger partial charge >= 0.3 is 5.97 Å². The van der Waals surface area contributed by atoms with Crippen molar-refractivity contribution in [1.82, 2.24) is 0 Å². The minimum atomic E-state index is -4.10. The van der Waals surface area contributed by atoms with E-state index in [2.05, 4.69) is 4.42 Å². The van der Waals surface area contributed by atoms with E-state index >= 15 is 0 Å². The van der Waals surface area contributed by atoms with Gasteiger partial charge < -0.3 is 9.52 Å². The van der Waals surface area contributed by atoms with Crippen LogP contribution in [0.3, 0.4) is 0 Å². The lowest BCUT2D eigenvalue weighted by molar-refractivity contribution is 0.0656. The Morgan fingerprint density at radius 3 is 2.50 bits per heavy atom. The second-order valence-electron chi connectivity index (χ2n) is 3.90. The monoisotopic (exact) mass is 302 g/mol. The Hall–Kier alpha value is -2.22. The number of halogens is 2. The third-order valence-corrected chi connectivity index (χ3v) is 4.00. The number of rotatable bonds is 4. The number of hydrogen-bond donors (Lipinski definition) is 1. The summed E-state index contributed by atoms with van der Waals surface area (Å²) in [5.74, 6) is -5.24. The Bertz CT molecular complexity index is 764. The number of hydrogen-bond acceptors (Lipinski definition) is 4. The van der Waals surface area contributed by atoms with Crippen molar-refractivity contribution in [2.45, 2.75) is 10.8 Å². The summed E-state index contributed by atoms with van der Waals surface area (Å²) in [6, 6.07) is 5.08. The molecule has 0 amide bonds. The molecule has 0 unspecified atom stereocenters. The van der Waals surface area contributed by atoms with Crippen molar-refractivity contribution >= 4 is 15.8 Å². The smallest absolute Gasteiger partial charge is 0.371 e. The molecule has 0 saturated carbocycles. The maximum absolute atomic E-state index is 13.4. The summed E-state index contributed by atoms with van der Waals surface area (Å²) < 4.78 is 54.9. The molecule has 0 aliphatic heterocycles. The molecule has 1 heterocycles. The molecule has 106 valence electrons. The second kappa shape index (κ2) is 5.04. The van der Waals surface area contributed by atoms with Crippen LogP contribution in [0.1, 0.15) is 16.1 Å². The quantitative estimate of drug-likeness (QED) is 0.936. The number of furan rings is 1. The fraction of sp³-hybridized carbons (Fsp3) is 0.0833. The van der Waals surface area contributed by atoms with E-state index in [0.717, 1.165) is 24.3 Å². The third kappa shape index (κ3) is 2.69. The molecular formula is C12H8F2O5S. The standard InChI is InChI=1S/C12H8F2O5S/c13-8-3-1-2-7(11(8)14)6-20(17,18)10-5-4-9(19-10)12(15)16/h1-5H,6H2,(H,15,16). The summed E-state index contributed by atoms with van der Waals surface area (Å²) in [7, 11) is -4.10. The average molecular weight is 302 g/mol. The van der Waals surface area contributed by atoms with E-state index in [0.29, 0.717) is 0 Å². The van der Waals surface area contributed by atoms with Crippen LogP contribution in [-0.4, -0.2) is 19.5 Å². The van der Waals surface area contributed by atoms with Crippen LogP contribution in [0.4, 0.5) is 8.78 Å². The van der Waals surface area contributed by atoms with E-state index in [4.69, 9.17) is 5.11 Å². The fourth-order valence-corrected chi connectivity index (χ4v) is 2.80. The first kappa shape index (κ1) is 14.2. The van der Waals surface area contributed by atoms with Crippen LogP contribution in [0.2, 0.25) is 0 Å². The van der Waals surface area contributed by atoms with Crippen LogP contribution in [0.5, 0.6) is 0 Å². The second-order valence-corrected chi connectivity index (χ2v) is 5.82. The van der Waals surface area contributed by atoms with Gasteiger partial charge in [-0.2, -0.15) is 0 Å². The Balaban J connectivity index is 2.35.